The van der Waals surface area contributed by atoms with E-state index in [-0.39, 0.29) is 17.6 Å². The number of imidazole rings is 1. The zero-order chi connectivity index (χ0) is 21.4. The highest BCUT2D eigenvalue weighted by Crippen LogP contribution is 2.32. The molecular weight excluding hydrogens is 412 g/mol. The van der Waals surface area contributed by atoms with E-state index in [4.69, 9.17) is 11.5 Å². The predicted octanol–water partition coefficient (Wildman–Crippen LogP) is 2.61. The number of amides is 1. The smallest absolute Gasteiger partial charge is 0.277 e. The molecule has 158 valence electrons. The number of nitrogens with zero attached hydrogens (tertiary/aromatic N) is 5. The van der Waals surface area contributed by atoms with Crippen molar-refractivity contribution in [1.82, 2.24) is 19.4 Å². The van der Waals surface area contributed by atoms with Crippen molar-refractivity contribution in [3.05, 3.63) is 54.7 Å². The molecule has 9 nitrogen and oxygen atoms in total. The average Bonchev–Trinajstić information content (AvgIpc) is 3.37. The van der Waals surface area contributed by atoms with Crippen molar-refractivity contribution in [3.63, 3.8) is 0 Å². The first-order chi connectivity index (χ1) is 15.1. The summed E-state index contributed by atoms with van der Waals surface area (Å²) in [6, 6.07) is 7.75. The number of aromatic nitrogens is 4. The van der Waals surface area contributed by atoms with Crippen LogP contribution in [0.25, 0.3) is 16.3 Å². The number of carbonyl (C=O) groups excluding carboxylic acids is 1. The molecule has 1 fully saturated rings. The molecule has 0 saturated carbocycles. The van der Waals surface area contributed by atoms with Crippen LogP contribution in [0.5, 0.6) is 0 Å². The van der Waals surface area contributed by atoms with Gasteiger partial charge in [0.25, 0.3) is 5.91 Å². The largest absolute Gasteiger partial charge is 0.389 e. The number of thiazole rings is 1. The van der Waals surface area contributed by atoms with Gasteiger partial charge in [0.2, 0.25) is 0 Å². The van der Waals surface area contributed by atoms with Crippen molar-refractivity contribution in [3.8, 4) is 10.7 Å². The Labute approximate surface area is 182 Å². The summed E-state index contributed by atoms with van der Waals surface area (Å²) in [5, 5.41) is 3.92. The Balaban J connectivity index is 1.42. The molecule has 5 rings (SSSR count). The van der Waals surface area contributed by atoms with E-state index >= 15 is 0 Å². The number of fused-ring (bicyclic) bond motifs is 1. The highest BCUT2D eigenvalue weighted by atomic mass is 32.1. The molecule has 0 radical (unpaired) electrons. The van der Waals surface area contributed by atoms with Gasteiger partial charge in [0.1, 0.15) is 21.3 Å². The van der Waals surface area contributed by atoms with Gasteiger partial charge in [-0.2, -0.15) is 0 Å². The summed E-state index contributed by atoms with van der Waals surface area (Å²) in [5.41, 5.74) is 15.6. The van der Waals surface area contributed by atoms with Gasteiger partial charge in [-0.05, 0) is 31.0 Å². The van der Waals surface area contributed by atoms with Crippen LogP contribution in [-0.2, 0) is 0 Å². The van der Waals surface area contributed by atoms with Crippen molar-refractivity contribution < 1.29 is 4.79 Å². The van der Waals surface area contributed by atoms with Gasteiger partial charge >= 0.3 is 0 Å². The average molecular weight is 435 g/mol. The summed E-state index contributed by atoms with van der Waals surface area (Å²) >= 11 is 1.26. The number of piperidine rings is 1. The number of hydrogen-bond donors (Lipinski definition) is 3. The van der Waals surface area contributed by atoms with Crippen LogP contribution in [0.1, 0.15) is 23.3 Å². The van der Waals surface area contributed by atoms with E-state index in [1.54, 1.807) is 18.6 Å². The van der Waals surface area contributed by atoms with E-state index in [1.807, 2.05) is 34.9 Å². The summed E-state index contributed by atoms with van der Waals surface area (Å²) in [4.78, 5) is 28.3. The summed E-state index contributed by atoms with van der Waals surface area (Å²) in [6.07, 6.45) is 9.00. The maximum Gasteiger partial charge on any atom is 0.277 e. The molecule has 4 aromatic rings. The van der Waals surface area contributed by atoms with Gasteiger partial charge in [0, 0.05) is 31.5 Å². The summed E-state index contributed by atoms with van der Waals surface area (Å²) < 4.78 is 1.92. The van der Waals surface area contributed by atoms with Gasteiger partial charge in [-0.3, -0.25) is 14.2 Å². The maximum atomic E-state index is 13.0. The summed E-state index contributed by atoms with van der Waals surface area (Å²) in [5.74, 6) is -0.371. The van der Waals surface area contributed by atoms with E-state index < -0.39 is 0 Å². The first kappa shape index (κ1) is 19.5. The second-order valence-electron chi connectivity index (χ2n) is 7.50. The number of rotatable bonds is 4. The third-order valence-corrected chi connectivity index (χ3v) is 6.26. The van der Waals surface area contributed by atoms with Crippen LogP contribution in [0.4, 0.5) is 16.4 Å². The Kier molecular flexibility index (Phi) is 5.00. The quantitative estimate of drug-likeness (QED) is 0.450. The maximum absolute atomic E-state index is 13.0. The second kappa shape index (κ2) is 7.97. The van der Waals surface area contributed by atoms with Gasteiger partial charge in [0.05, 0.1) is 23.8 Å². The number of nitrogens with two attached hydrogens (primary N) is 2. The molecule has 1 aliphatic rings. The number of hydrogen-bond acceptors (Lipinski definition) is 8. The Morgan fingerprint density at radius 3 is 3.03 bits per heavy atom. The molecule has 4 aromatic heterocycles. The summed E-state index contributed by atoms with van der Waals surface area (Å²) in [6.45, 7) is 1.63. The van der Waals surface area contributed by atoms with Gasteiger partial charge in [-0.25, -0.2) is 9.97 Å². The molecule has 1 amide bonds. The first-order valence-corrected chi connectivity index (χ1v) is 10.9. The van der Waals surface area contributed by atoms with Crippen molar-refractivity contribution in [2.24, 2.45) is 5.73 Å². The Hall–Kier alpha value is -3.50. The fourth-order valence-electron chi connectivity index (χ4n) is 3.86. The highest BCUT2D eigenvalue weighted by Gasteiger charge is 2.23. The number of pyridine rings is 2. The molecule has 1 saturated heterocycles. The monoisotopic (exact) mass is 434 g/mol. The minimum Gasteiger partial charge on any atom is -0.389 e. The van der Waals surface area contributed by atoms with Crippen LogP contribution in [0.15, 0.2) is 49.1 Å². The predicted molar refractivity (Wildman–Crippen MR) is 122 cm³/mol. The van der Waals surface area contributed by atoms with E-state index in [2.05, 4.69) is 25.2 Å². The van der Waals surface area contributed by atoms with Gasteiger partial charge < -0.3 is 21.7 Å². The van der Waals surface area contributed by atoms with Crippen LogP contribution in [0.3, 0.4) is 0 Å². The van der Waals surface area contributed by atoms with E-state index in [9.17, 15) is 4.79 Å². The van der Waals surface area contributed by atoms with Gasteiger partial charge in [-0.15, -0.1) is 0 Å². The standard InChI is InChI=1S/C21H22N8OS/c22-13-4-3-8-28(12-13)15-6-7-24-10-14(15)26-20(30)18-19(23)31-21(27-18)16-11-25-17-5-1-2-9-29(16)17/h1-2,5-7,9-11,13H,3-4,8,12,22-23H2,(H,26,30). The number of anilines is 3. The fraction of sp³-hybridized carbons (Fsp3) is 0.238. The number of carbonyl (C=O) groups is 1. The fourth-order valence-corrected chi connectivity index (χ4v) is 4.70. The molecule has 0 spiro atoms. The lowest BCUT2D eigenvalue weighted by Gasteiger charge is -2.33. The third-order valence-electron chi connectivity index (χ3n) is 5.35. The van der Waals surface area contributed by atoms with Gasteiger partial charge in [-0.1, -0.05) is 17.4 Å². The number of nitrogens with one attached hydrogen (secondary N) is 1. The van der Waals surface area contributed by atoms with Crippen molar-refractivity contribution in [1.29, 1.82) is 0 Å². The normalized spacial score (nSPS) is 16.5. The molecule has 5 heterocycles. The topological polar surface area (TPSA) is 127 Å². The first-order valence-electron chi connectivity index (χ1n) is 10.0. The molecule has 31 heavy (non-hydrogen) atoms. The number of nitrogen functional groups attached to an aromatic ring is 1. The molecule has 0 bridgehead atoms. The zero-order valence-corrected chi connectivity index (χ0v) is 17.5. The van der Waals surface area contributed by atoms with Crippen molar-refractivity contribution in [2.75, 3.05) is 29.0 Å². The minimum absolute atomic E-state index is 0.118. The Morgan fingerprint density at radius 1 is 1.26 bits per heavy atom. The Bertz CT molecular complexity index is 1250. The lowest BCUT2D eigenvalue weighted by Crippen LogP contribution is -2.43. The third kappa shape index (κ3) is 3.71. The van der Waals surface area contributed by atoms with Crippen LogP contribution >= 0.6 is 11.3 Å². The van der Waals surface area contributed by atoms with Gasteiger partial charge in [0.15, 0.2) is 5.69 Å². The van der Waals surface area contributed by atoms with Crippen molar-refractivity contribution >= 4 is 39.3 Å². The molecular formula is C21H22N8OS. The van der Waals surface area contributed by atoms with Crippen LogP contribution in [0, 0.1) is 0 Å². The molecule has 0 aliphatic carbocycles. The molecule has 1 aliphatic heterocycles. The Morgan fingerprint density at radius 2 is 2.16 bits per heavy atom. The second-order valence-corrected chi connectivity index (χ2v) is 8.53. The van der Waals surface area contributed by atoms with Crippen LogP contribution < -0.4 is 21.7 Å². The van der Waals surface area contributed by atoms with E-state index in [0.29, 0.717) is 15.7 Å². The molecule has 0 aromatic carbocycles. The van der Waals surface area contributed by atoms with E-state index in [0.717, 1.165) is 43.0 Å². The molecule has 1 atom stereocenters. The molecule has 1 unspecified atom stereocenters. The lowest BCUT2D eigenvalue weighted by atomic mass is 10.1. The van der Waals surface area contributed by atoms with Crippen molar-refractivity contribution in [2.45, 2.75) is 18.9 Å². The summed E-state index contributed by atoms with van der Waals surface area (Å²) in [7, 11) is 0. The minimum atomic E-state index is -0.371. The SMILES string of the molecule is Nc1sc(-c2cnc3ccccn23)nc1C(=O)Nc1cnccc1N1CCCC(N)C1. The van der Waals surface area contributed by atoms with E-state index in [1.165, 1.54) is 11.3 Å². The highest BCUT2D eigenvalue weighted by molar-refractivity contribution is 7.19. The lowest BCUT2D eigenvalue weighted by molar-refractivity contribution is 0.102. The van der Waals surface area contributed by atoms with Crippen LogP contribution in [0.2, 0.25) is 0 Å². The van der Waals surface area contributed by atoms with Crippen LogP contribution in [-0.4, -0.2) is 44.4 Å². The molecule has 5 N–H and O–H groups in total. The zero-order valence-electron chi connectivity index (χ0n) is 16.7. The molecule has 10 heteroatoms.